The van der Waals surface area contributed by atoms with Gasteiger partial charge in [0.2, 0.25) is 5.91 Å². The van der Waals surface area contributed by atoms with Crippen molar-refractivity contribution in [2.45, 2.75) is 51.4 Å². The molecule has 4 heteroatoms. The Morgan fingerprint density at radius 1 is 1.16 bits per heavy atom. The molecule has 110 valence electrons. The second kappa shape index (κ2) is 7.25. The van der Waals surface area contributed by atoms with Gasteiger partial charge in [0, 0.05) is 26.3 Å². The third-order valence-electron chi connectivity index (χ3n) is 4.83. The second-order valence-electron chi connectivity index (χ2n) is 6.16. The van der Waals surface area contributed by atoms with Gasteiger partial charge < -0.3 is 15.8 Å². The van der Waals surface area contributed by atoms with Crippen LogP contribution in [0.5, 0.6) is 0 Å². The smallest absolute Gasteiger partial charge is 0.227 e. The van der Waals surface area contributed by atoms with Crippen molar-refractivity contribution in [3.8, 4) is 0 Å². The fourth-order valence-electron chi connectivity index (χ4n) is 3.30. The SMILES string of the molecule is NCC1(C(=O)NCC2CCOCC2)CCCCCC1. The van der Waals surface area contributed by atoms with Crippen LogP contribution in [-0.2, 0) is 9.53 Å². The van der Waals surface area contributed by atoms with Crippen LogP contribution in [0.4, 0.5) is 0 Å². The average Bonchev–Trinajstić information content (AvgIpc) is 2.72. The minimum absolute atomic E-state index is 0.198. The molecule has 3 N–H and O–H groups in total. The van der Waals surface area contributed by atoms with E-state index in [2.05, 4.69) is 5.32 Å². The second-order valence-corrected chi connectivity index (χ2v) is 6.16. The molecule has 0 atom stereocenters. The fraction of sp³-hybridized carbons (Fsp3) is 0.933. The Bertz CT molecular complexity index is 280. The Morgan fingerprint density at radius 3 is 2.37 bits per heavy atom. The number of ether oxygens (including phenoxy) is 1. The van der Waals surface area contributed by atoms with Crippen molar-refractivity contribution in [3.05, 3.63) is 0 Å². The van der Waals surface area contributed by atoms with E-state index < -0.39 is 0 Å². The molecule has 0 bridgehead atoms. The lowest BCUT2D eigenvalue weighted by molar-refractivity contribution is -0.131. The summed E-state index contributed by atoms with van der Waals surface area (Å²) in [7, 11) is 0. The first kappa shape index (κ1) is 14.8. The molecule has 2 aliphatic rings. The van der Waals surface area contributed by atoms with Crippen molar-refractivity contribution in [1.29, 1.82) is 0 Å². The van der Waals surface area contributed by atoms with Gasteiger partial charge >= 0.3 is 0 Å². The number of hydrogen-bond donors (Lipinski definition) is 2. The van der Waals surface area contributed by atoms with Gasteiger partial charge in [-0.1, -0.05) is 25.7 Å². The van der Waals surface area contributed by atoms with E-state index in [1.165, 1.54) is 12.8 Å². The van der Waals surface area contributed by atoms with E-state index in [1.54, 1.807) is 0 Å². The normalized spacial score (nSPS) is 24.7. The molecule has 1 heterocycles. The van der Waals surface area contributed by atoms with E-state index in [0.29, 0.717) is 12.5 Å². The molecule has 19 heavy (non-hydrogen) atoms. The molecule has 0 aromatic rings. The highest BCUT2D eigenvalue weighted by Gasteiger charge is 2.37. The molecule has 1 saturated carbocycles. The Kier molecular flexibility index (Phi) is 5.64. The molecular weight excluding hydrogens is 240 g/mol. The third kappa shape index (κ3) is 3.93. The van der Waals surface area contributed by atoms with Crippen LogP contribution in [0.2, 0.25) is 0 Å². The van der Waals surface area contributed by atoms with Gasteiger partial charge in [-0.15, -0.1) is 0 Å². The first-order valence-corrected chi connectivity index (χ1v) is 7.83. The predicted octanol–water partition coefficient (Wildman–Crippen LogP) is 1.83. The number of hydrogen-bond acceptors (Lipinski definition) is 3. The van der Waals surface area contributed by atoms with Gasteiger partial charge in [0.05, 0.1) is 5.41 Å². The molecular formula is C15H28N2O2. The molecule has 0 radical (unpaired) electrons. The van der Waals surface area contributed by atoms with Gasteiger partial charge in [-0.2, -0.15) is 0 Å². The number of amides is 1. The number of nitrogens with two attached hydrogens (primary N) is 1. The highest BCUT2D eigenvalue weighted by molar-refractivity contribution is 5.82. The molecule has 0 unspecified atom stereocenters. The average molecular weight is 268 g/mol. The Labute approximate surface area is 116 Å². The van der Waals surface area contributed by atoms with Gasteiger partial charge in [-0.25, -0.2) is 0 Å². The topological polar surface area (TPSA) is 64.4 Å². The maximum atomic E-state index is 12.5. The van der Waals surface area contributed by atoms with Crippen molar-refractivity contribution in [2.24, 2.45) is 17.1 Å². The summed E-state index contributed by atoms with van der Waals surface area (Å²) < 4.78 is 5.35. The number of carbonyl (C=O) groups excluding carboxylic acids is 1. The summed E-state index contributed by atoms with van der Waals surface area (Å²) in [6.07, 6.45) is 8.83. The molecule has 2 fully saturated rings. The summed E-state index contributed by atoms with van der Waals surface area (Å²) in [5.74, 6) is 0.779. The summed E-state index contributed by atoms with van der Waals surface area (Å²) in [6, 6.07) is 0. The molecule has 4 nitrogen and oxygen atoms in total. The van der Waals surface area contributed by atoms with E-state index in [1.807, 2.05) is 0 Å². The van der Waals surface area contributed by atoms with Gasteiger partial charge in [0.25, 0.3) is 0 Å². The molecule has 2 rings (SSSR count). The molecule has 1 aliphatic carbocycles. The van der Waals surface area contributed by atoms with Crippen molar-refractivity contribution in [3.63, 3.8) is 0 Å². The molecule has 0 spiro atoms. The minimum atomic E-state index is -0.290. The fourth-order valence-corrected chi connectivity index (χ4v) is 3.30. The number of rotatable bonds is 4. The van der Waals surface area contributed by atoms with Gasteiger partial charge in [-0.3, -0.25) is 4.79 Å². The third-order valence-corrected chi connectivity index (χ3v) is 4.83. The molecule has 0 aromatic carbocycles. The van der Waals surface area contributed by atoms with E-state index in [9.17, 15) is 4.79 Å². The largest absolute Gasteiger partial charge is 0.381 e. The summed E-state index contributed by atoms with van der Waals surface area (Å²) in [5.41, 5.74) is 5.65. The number of carbonyl (C=O) groups is 1. The van der Waals surface area contributed by atoms with E-state index in [0.717, 1.165) is 58.3 Å². The standard InChI is InChI=1S/C15H28N2O2/c16-12-15(7-3-1-2-4-8-15)14(18)17-11-13-5-9-19-10-6-13/h13H,1-12,16H2,(H,17,18). The van der Waals surface area contributed by atoms with E-state index in [4.69, 9.17) is 10.5 Å². The molecule has 1 amide bonds. The van der Waals surface area contributed by atoms with E-state index >= 15 is 0 Å². The van der Waals surface area contributed by atoms with Crippen molar-refractivity contribution < 1.29 is 9.53 Å². The Balaban J connectivity index is 1.84. The Morgan fingerprint density at radius 2 is 1.79 bits per heavy atom. The van der Waals surface area contributed by atoms with Crippen LogP contribution in [0, 0.1) is 11.3 Å². The molecule has 1 saturated heterocycles. The molecule has 0 aromatic heterocycles. The van der Waals surface area contributed by atoms with Crippen LogP contribution in [-0.4, -0.2) is 32.2 Å². The lowest BCUT2D eigenvalue weighted by Crippen LogP contribution is -2.47. The van der Waals surface area contributed by atoms with Crippen molar-refractivity contribution >= 4 is 5.91 Å². The Hall–Kier alpha value is -0.610. The quantitative estimate of drug-likeness (QED) is 0.765. The van der Waals surface area contributed by atoms with Crippen LogP contribution < -0.4 is 11.1 Å². The van der Waals surface area contributed by atoms with E-state index in [-0.39, 0.29) is 11.3 Å². The lowest BCUT2D eigenvalue weighted by Gasteiger charge is -2.31. The summed E-state index contributed by atoms with van der Waals surface area (Å²) in [5, 5.41) is 3.17. The van der Waals surface area contributed by atoms with Crippen LogP contribution in [0.15, 0.2) is 0 Å². The first-order valence-electron chi connectivity index (χ1n) is 7.83. The maximum absolute atomic E-state index is 12.5. The monoisotopic (exact) mass is 268 g/mol. The zero-order valence-corrected chi connectivity index (χ0v) is 12.0. The van der Waals surface area contributed by atoms with Crippen LogP contribution >= 0.6 is 0 Å². The van der Waals surface area contributed by atoms with Crippen molar-refractivity contribution in [2.75, 3.05) is 26.3 Å². The highest BCUT2D eigenvalue weighted by Crippen LogP contribution is 2.34. The first-order chi connectivity index (χ1) is 9.27. The van der Waals surface area contributed by atoms with Crippen molar-refractivity contribution in [1.82, 2.24) is 5.32 Å². The summed E-state index contributed by atoms with van der Waals surface area (Å²) >= 11 is 0. The van der Waals surface area contributed by atoms with Crippen LogP contribution in [0.25, 0.3) is 0 Å². The predicted molar refractivity (Wildman–Crippen MR) is 75.7 cm³/mol. The van der Waals surface area contributed by atoms with Crippen LogP contribution in [0.3, 0.4) is 0 Å². The van der Waals surface area contributed by atoms with Crippen LogP contribution in [0.1, 0.15) is 51.4 Å². The number of nitrogens with one attached hydrogen (secondary N) is 1. The van der Waals surface area contributed by atoms with Gasteiger partial charge in [-0.05, 0) is 31.6 Å². The summed E-state index contributed by atoms with van der Waals surface area (Å²) in [6.45, 7) is 2.96. The van der Waals surface area contributed by atoms with Gasteiger partial charge in [0.15, 0.2) is 0 Å². The van der Waals surface area contributed by atoms with Gasteiger partial charge in [0.1, 0.15) is 0 Å². The zero-order valence-electron chi connectivity index (χ0n) is 12.0. The highest BCUT2D eigenvalue weighted by atomic mass is 16.5. The summed E-state index contributed by atoms with van der Waals surface area (Å²) in [4.78, 5) is 12.5. The zero-order chi connectivity index (χ0) is 13.6. The lowest BCUT2D eigenvalue weighted by atomic mass is 9.79. The maximum Gasteiger partial charge on any atom is 0.227 e. The minimum Gasteiger partial charge on any atom is -0.381 e. The molecule has 1 aliphatic heterocycles.